The average molecular weight is 336 g/mol. The molecule has 108 valence electrons. The molecule has 1 unspecified atom stereocenters. The summed E-state index contributed by atoms with van der Waals surface area (Å²) in [6.07, 6.45) is 3.04. The van der Waals surface area contributed by atoms with Gasteiger partial charge in [0.25, 0.3) is 0 Å². The number of benzene rings is 1. The number of rotatable bonds is 5. The van der Waals surface area contributed by atoms with E-state index in [0.29, 0.717) is 0 Å². The molecule has 0 fully saturated rings. The number of nitrogens with two attached hydrogens (primary N) is 1. The van der Waals surface area contributed by atoms with Crippen molar-refractivity contribution in [2.24, 2.45) is 5.73 Å². The summed E-state index contributed by atoms with van der Waals surface area (Å²) in [4.78, 5) is 0. The summed E-state index contributed by atoms with van der Waals surface area (Å²) in [5.74, 6) is 0.811. The van der Waals surface area contributed by atoms with E-state index in [-0.39, 0.29) is 6.04 Å². The van der Waals surface area contributed by atoms with Crippen molar-refractivity contribution in [3.05, 3.63) is 56.9 Å². The minimum absolute atomic E-state index is 0.197. The first kappa shape index (κ1) is 15.3. The highest BCUT2D eigenvalue weighted by atomic mass is 79.9. The Hall–Kier alpha value is -1.06. The van der Waals surface area contributed by atoms with E-state index in [1.165, 1.54) is 22.3 Å². The first-order chi connectivity index (χ1) is 9.60. The Labute approximate surface area is 129 Å². The van der Waals surface area contributed by atoms with Crippen LogP contribution in [0.3, 0.4) is 0 Å². The van der Waals surface area contributed by atoms with Gasteiger partial charge >= 0.3 is 0 Å². The van der Waals surface area contributed by atoms with E-state index in [1.807, 2.05) is 12.1 Å². The molecular weight excluding hydrogens is 314 g/mol. The molecule has 0 aliphatic carbocycles. The molecule has 1 heterocycles. The summed E-state index contributed by atoms with van der Waals surface area (Å²) in [6.45, 7) is 6.56. The van der Waals surface area contributed by atoms with Gasteiger partial charge in [-0.15, -0.1) is 0 Å². The molecule has 0 aliphatic rings. The lowest BCUT2D eigenvalue weighted by molar-refractivity contribution is 0.468. The van der Waals surface area contributed by atoms with Crippen LogP contribution in [-0.4, -0.2) is 0 Å². The number of hydrogen-bond acceptors (Lipinski definition) is 2. The summed E-state index contributed by atoms with van der Waals surface area (Å²) >= 11 is 3.34. The highest BCUT2D eigenvalue weighted by Gasteiger charge is 2.19. The first-order valence-electron chi connectivity index (χ1n) is 7.26. The summed E-state index contributed by atoms with van der Waals surface area (Å²) < 4.78 is 6.37. The van der Waals surface area contributed by atoms with Gasteiger partial charge in [-0.3, -0.25) is 0 Å². The second-order valence-electron chi connectivity index (χ2n) is 5.01. The van der Waals surface area contributed by atoms with E-state index < -0.39 is 0 Å². The molecule has 1 atom stereocenters. The highest BCUT2D eigenvalue weighted by Crippen LogP contribution is 2.31. The van der Waals surface area contributed by atoms with Crippen LogP contribution < -0.4 is 5.73 Å². The zero-order valence-electron chi connectivity index (χ0n) is 12.4. The number of furan rings is 1. The topological polar surface area (TPSA) is 39.2 Å². The molecule has 0 spiro atoms. The lowest BCUT2D eigenvalue weighted by atomic mass is 9.89. The van der Waals surface area contributed by atoms with Crippen LogP contribution in [0, 0.1) is 0 Å². The average Bonchev–Trinajstić information content (AvgIpc) is 2.91. The van der Waals surface area contributed by atoms with Crippen LogP contribution in [0.1, 0.15) is 54.8 Å². The molecule has 0 saturated carbocycles. The number of halogens is 1. The van der Waals surface area contributed by atoms with Crippen LogP contribution >= 0.6 is 15.9 Å². The van der Waals surface area contributed by atoms with E-state index in [2.05, 4.69) is 48.8 Å². The number of hydrogen-bond donors (Lipinski definition) is 1. The zero-order valence-corrected chi connectivity index (χ0v) is 14.0. The standard InChI is InChI=1S/C17H22BrNO/c1-4-11-9-12(5-2)16(13(6-3)10-11)17(19)14-7-8-15(18)20-14/h7-10,17H,4-6,19H2,1-3H3. The molecule has 0 saturated heterocycles. The summed E-state index contributed by atoms with van der Waals surface area (Å²) in [5.41, 5.74) is 11.7. The smallest absolute Gasteiger partial charge is 0.169 e. The van der Waals surface area contributed by atoms with Gasteiger partial charge in [-0.25, -0.2) is 0 Å². The minimum Gasteiger partial charge on any atom is -0.452 e. The van der Waals surface area contributed by atoms with Crippen LogP contribution in [0.2, 0.25) is 0 Å². The molecule has 20 heavy (non-hydrogen) atoms. The monoisotopic (exact) mass is 335 g/mol. The van der Waals surface area contributed by atoms with Crippen LogP contribution in [-0.2, 0) is 19.3 Å². The predicted molar refractivity (Wildman–Crippen MR) is 87.0 cm³/mol. The fourth-order valence-corrected chi connectivity index (χ4v) is 3.00. The van der Waals surface area contributed by atoms with Crippen molar-refractivity contribution in [1.82, 2.24) is 0 Å². The Morgan fingerprint density at radius 3 is 2.05 bits per heavy atom. The molecule has 2 rings (SSSR count). The molecule has 0 bridgehead atoms. The van der Waals surface area contributed by atoms with Gasteiger partial charge < -0.3 is 10.2 Å². The van der Waals surface area contributed by atoms with Crippen LogP contribution in [0.5, 0.6) is 0 Å². The van der Waals surface area contributed by atoms with E-state index in [1.54, 1.807) is 0 Å². The molecular formula is C17H22BrNO. The van der Waals surface area contributed by atoms with Gasteiger partial charge in [0.05, 0.1) is 6.04 Å². The molecule has 2 N–H and O–H groups in total. The second-order valence-corrected chi connectivity index (χ2v) is 5.79. The summed E-state index contributed by atoms with van der Waals surface area (Å²) in [7, 11) is 0. The van der Waals surface area contributed by atoms with Gasteiger partial charge in [0.1, 0.15) is 5.76 Å². The largest absolute Gasteiger partial charge is 0.452 e. The molecule has 0 amide bonds. The normalized spacial score (nSPS) is 12.7. The van der Waals surface area contributed by atoms with Crippen LogP contribution in [0.15, 0.2) is 33.4 Å². The van der Waals surface area contributed by atoms with E-state index >= 15 is 0 Å². The second kappa shape index (κ2) is 6.59. The van der Waals surface area contributed by atoms with Crippen molar-refractivity contribution in [3.63, 3.8) is 0 Å². The third-order valence-electron chi connectivity index (χ3n) is 3.79. The van der Waals surface area contributed by atoms with Crippen LogP contribution in [0.25, 0.3) is 0 Å². The molecule has 1 aromatic heterocycles. The van der Waals surface area contributed by atoms with Gasteiger partial charge in [0.15, 0.2) is 4.67 Å². The Morgan fingerprint density at radius 2 is 1.65 bits per heavy atom. The molecule has 2 nitrogen and oxygen atoms in total. The SMILES string of the molecule is CCc1cc(CC)c(C(N)c2ccc(Br)o2)c(CC)c1. The third-order valence-corrected chi connectivity index (χ3v) is 4.22. The summed E-state index contributed by atoms with van der Waals surface area (Å²) in [6, 6.07) is 8.21. The Morgan fingerprint density at radius 1 is 1.05 bits per heavy atom. The summed E-state index contributed by atoms with van der Waals surface area (Å²) in [5, 5.41) is 0. The number of aryl methyl sites for hydroxylation is 3. The maximum Gasteiger partial charge on any atom is 0.169 e. The third kappa shape index (κ3) is 2.99. The van der Waals surface area contributed by atoms with E-state index in [0.717, 1.165) is 29.7 Å². The fraction of sp³-hybridized carbons (Fsp3) is 0.412. The lowest BCUT2D eigenvalue weighted by Crippen LogP contribution is -2.16. The van der Waals surface area contributed by atoms with Crippen LogP contribution in [0.4, 0.5) is 0 Å². The van der Waals surface area contributed by atoms with Gasteiger partial charge in [-0.05, 0) is 69.6 Å². The van der Waals surface area contributed by atoms with E-state index in [9.17, 15) is 0 Å². The molecule has 3 heteroatoms. The van der Waals surface area contributed by atoms with E-state index in [4.69, 9.17) is 10.2 Å². The fourth-order valence-electron chi connectivity index (χ4n) is 2.68. The minimum atomic E-state index is -0.197. The quantitative estimate of drug-likeness (QED) is 0.854. The lowest BCUT2D eigenvalue weighted by Gasteiger charge is -2.20. The van der Waals surface area contributed by atoms with Gasteiger partial charge in [-0.1, -0.05) is 32.9 Å². The van der Waals surface area contributed by atoms with Crippen molar-refractivity contribution < 1.29 is 4.42 Å². The predicted octanol–water partition coefficient (Wildman–Crippen LogP) is 4.78. The Kier molecular flexibility index (Phi) is 5.06. The van der Waals surface area contributed by atoms with Gasteiger partial charge in [-0.2, -0.15) is 0 Å². The highest BCUT2D eigenvalue weighted by molar-refractivity contribution is 9.10. The Balaban J connectivity index is 2.53. The molecule has 1 aromatic carbocycles. The molecule has 0 aliphatic heterocycles. The van der Waals surface area contributed by atoms with Gasteiger partial charge in [0.2, 0.25) is 0 Å². The molecule has 0 radical (unpaired) electrons. The first-order valence-corrected chi connectivity index (χ1v) is 8.05. The maximum atomic E-state index is 6.46. The van der Waals surface area contributed by atoms with Crippen molar-refractivity contribution in [2.45, 2.75) is 46.1 Å². The Bertz CT molecular complexity index is 563. The van der Waals surface area contributed by atoms with Crippen molar-refractivity contribution in [1.29, 1.82) is 0 Å². The van der Waals surface area contributed by atoms with Crippen molar-refractivity contribution in [2.75, 3.05) is 0 Å². The molecule has 2 aromatic rings. The van der Waals surface area contributed by atoms with Crippen molar-refractivity contribution >= 4 is 15.9 Å². The maximum absolute atomic E-state index is 6.46. The van der Waals surface area contributed by atoms with Crippen molar-refractivity contribution in [3.8, 4) is 0 Å². The van der Waals surface area contributed by atoms with Gasteiger partial charge in [0, 0.05) is 0 Å². The zero-order chi connectivity index (χ0) is 14.7.